The summed E-state index contributed by atoms with van der Waals surface area (Å²) in [6.07, 6.45) is 1.36. The van der Waals surface area contributed by atoms with Gasteiger partial charge in [0.15, 0.2) is 34.3 Å². The third kappa shape index (κ3) is 3.67. The molecule has 1 aliphatic rings. The van der Waals surface area contributed by atoms with Crippen LogP contribution >= 0.6 is 11.8 Å². The average Bonchev–Trinajstić information content (AvgIpc) is 3.38. The van der Waals surface area contributed by atoms with Gasteiger partial charge in [-0.15, -0.1) is 16.8 Å². The number of carbonyl (C=O) groups excluding carboxylic acids is 1. The van der Waals surface area contributed by atoms with Gasteiger partial charge in [-0.3, -0.25) is 9.36 Å². The molecule has 0 N–H and O–H groups in total. The van der Waals surface area contributed by atoms with E-state index in [0.29, 0.717) is 47.0 Å². The first-order valence-corrected chi connectivity index (χ1v) is 11.2. The van der Waals surface area contributed by atoms with E-state index in [1.54, 1.807) is 6.08 Å². The van der Waals surface area contributed by atoms with Crippen LogP contribution in [0.2, 0.25) is 0 Å². The summed E-state index contributed by atoms with van der Waals surface area (Å²) in [5.41, 5.74) is 1.57. The average molecular weight is 448 g/mol. The van der Waals surface area contributed by atoms with E-state index in [9.17, 15) is 4.79 Å². The maximum atomic E-state index is 12.9. The Labute approximate surface area is 189 Å². The number of aromatic nitrogens is 3. The largest absolute Gasteiger partial charge is 0.485 e. The lowest BCUT2D eigenvalue weighted by Gasteiger charge is -2.26. The second-order valence-electron chi connectivity index (χ2n) is 7.37. The summed E-state index contributed by atoms with van der Waals surface area (Å²) >= 11 is 1.31. The van der Waals surface area contributed by atoms with Crippen molar-refractivity contribution in [2.75, 3.05) is 12.4 Å². The number of fused-ring (bicyclic) bond motifs is 2. The number of furan rings is 1. The number of ether oxygens (including phenoxy) is 2. The summed E-state index contributed by atoms with van der Waals surface area (Å²) < 4.78 is 19.6. The Hall–Kier alpha value is -3.52. The highest BCUT2D eigenvalue weighted by Gasteiger charge is 2.28. The van der Waals surface area contributed by atoms with E-state index in [1.807, 2.05) is 60.0 Å². The quantitative estimate of drug-likeness (QED) is 0.224. The highest BCUT2D eigenvalue weighted by atomic mass is 32.2. The highest BCUT2D eigenvalue weighted by Crippen LogP contribution is 2.36. The van der Waals surface area contributed by atoms with E-state index in [0.717, 1.165) is 10.9 Å². The monoisotopic (exact) mass is 447 g/mol. The third-order valence-electron chi connectivity index (χ3n) is 5.28. The molecule has 0 spiro atoms. The van der Waals surface area contributed by atoms with E-state index in [1.165, 1.54) is 11.8 Å². The number of rotatable bonds is 7. The summed E-state index contributed by atoms with van der Waals surface area (Å²) in [5.74, 6) is 2.48. The van der Waals surface area contributed by atoms with Gasteiger partial charge in [-0.05, 0) is 25.1 Å². The molecule has 0 saturated heterocycles. The van der Waals surface area contributed by atoms with Crippen molar-refractivity contribution in [2.24, 2.45) is 0 Å². The SMILES string of the molecule is C=CCn1c(SCC(=O)c2oc3ccccc3c2C)nnc1[C@H]1COc2ccccc2O1. The number of para-hydroxylation sites is 3. The predicted molar refractivity (Wildman–Crippen MR) is 122 cm³/mol. The lowest BCUT2D eigenvalue weighted by Crippen LogP contribution is -2.25. The molecule has 32 heavy (non-hydrogen) atoms. The normalized spacial score (nSPS) is 15.1. The zero-order valence-electron chi connectivity index (χ0n) is 17.5. The summed E-state index contributed by atoms with van der Waals surface area (Å²) in [7, 11) is 0. The Kier molecular flexibility index (Phi) is 5.45. The highest BCUT2D eigenvalue weighted by molar-refractivity contribution is 7.99. The minimum Gasteiger partial charge on any atom is -0.485 e. The van der Waals surface area contributed by atoms with Crippen molar-refractivity contribution >= 4 is 28.5 Å². The molecule has 0 aliphatic carbocycles. The van der Waals surface area contributed by atoms with Crippen molar-refractivity contribution in [2.45, 2.75) is 24.7 Å². The predicted octanol–water partition coefficient (Wildman–Crippen LogP) is 5.01. The van der Waals surface area contributed by atoms with Crippen molar-refractivity contribution < 1.29 is 18.7 Å². The first-order chi connectivity index (χ1) is 15.7. The number of hydrogen-bond donors (Lipinski definition) is 0. The van der Waals surface area contributed by atoms with Crippen LogP contribution in [0.5, 0.6) is 11.5 Å². The number of thioether (sulfide) groups is 1. The molecule has 0 radical (unpaired) electrons. The molecule has 0 amide bonds. The van der Waals surface area contributed by atoms with Crippen LogP contribution in [0.3, 0.4) is 0 Å². The lowest BCUT2D eigenvalue weighted by molar-refractivity contribution is 0.0821. The van der Waals surface area contributed by atoms with Gasteiger partial charge in [0.2, 0.25) is 5.78 Å². The molecule has 1 atom stereocenters. The maximum absolute atomic E-state index is 12.9. The molecule has 2 aromatic carbocycles. The van der Waals surface area contributed by atoms with Crippen molar-refractivity contribution in [3.8, 4) is 11.5 Å². The molecule has 3 heterocycles. The molecule has 2 aromatic heterocycles. The van der Waals surface area contributed by atoms with E-state index >= 15 is 0 Å². The van der Waals surface area contributed by atoms with E-state index in [-0.39, 0.29) is 11.5 Å². The van der Waals surface area contributed by atoms with Crippen LogP contribution in [0.15, 0.2) is 70.8 Å². The van der Waals surface area contributed by atoms with Gasteiger partial charge in [0.05, 0.1) is 5.75 Å². The first-order valence-electron chi connectivity index (χ1n) is 10.2. The molecule has 7 nitrogen and oxygen atoms in total. The number of nitrogens with zero attached hydrogens (tertiary/aromatic N) is 3. The van der Waals surface area contributed by atoms with Crippen LogP contribution in [0, 0.1) is 6.92 Å². The second-order valence-corrected chi connectivity index (χ2v) is 8.31. The van der Waals surface area contributed by atoms with Gasteiger partial charge >= 0.3 is 0 Å². The summed E-state index contributed by atoms with van der Waals surface area (Å²) in [4.78, 5) is 12.9. The van der Waals surface area contributed by atoms with E-state index in [2.05, 4.69) is 16.8 Å². The fourth-order valence-corrected chi connectivity index (χ4v) is 4.54. The Morgan fingerprint density at radius 1 is 1.19 bits per heavy atom. The Morgan fingerprint density at radius 3 is 2.78 bits per heavy atom. The number of Topliss-reactive ketones (excluding diaryl/α,β-unsaturated/α-hetero) is 1. The summed E-state index contributed by atoms with van der Waals surface area (Å²) in [6, 6.07) is 15.2. The van der Waals surface area contributed by atoms with Crippen molar-refractivity contribution in [1.82, 2.24) is 14.8 Å². The smallest absolute Gasteiger partial charge is 0.208 e. The molecule has 5 rings (SSSR count). The molecule has 8 heteroatoms. The number of aryl methyl sites for hydroxylation is 1. The lowest BCUT2D eigenvalue weighted by atomic mass is 10.1. The zero-order valence-corrected chi connectivity index (χ0v) is 18.3. The van der Waals surface area contributed by atoms with Crippen molar-refractivity contribution in [3.63, 3.8) is 0 Å². The number of carbonyl (C=O) groups is 1. The van der Waals surface area contributed by atoms with Crippen molar-refractivity contribution in [3.05, 3.63) is 78.3 Å². The third-order valence-corrected chi connectivity index (χ3v) is 6.25. The van der Waals surface area contributed by atoms with Gasteiger partial charge in [0, 0.05) is 17.5 Å². The molecule has 162 valence electrons. The van der Waals surface area contributed by atoms with Gasteiger partial charge in [-0.2, -0.15) is 0 Å². The van der Waals surface area contributed by atoms with Gasteiger partial charge in [0.1, 0.15) is 12.2 Å². The molecule has 0 bridgehead atoms. The maximum Gasteiger partial charge on any atom is 0.208 e. The molecule has 0 saturated carbocycles. The van der Waals surface area contributed by atoms with Gasteiger partial charge in [0.25, 0.3) is 0 Å². The van der Waals surface area contributed by atoms with Gasteiger partial charge in [-0.25, -0.2) is 0 Å². The van der Waals surface area contributed by atoms with Crippen molar-refractivity contribution in [1.29, 1.82) is 0 Å². The van der Waals surface area contributed by atoms with Gasteiger partial charge < -0.3 is 13.9 Å². The van der Waals surface area contributed by atoms with Crippen LogP contribution in [0.1, 0.15) is 28.0 Å². The number of allylic oxidation sites excluding steroid dienone is 1. The Bertz CT molecular complexity index is 1310. The molecule has 4 aromatic rings. The number of ketones is 1. The second kappa shape index (κ2) is 8.55. The minimum atomic E-state index is -0.403. The van der Waals surface area contributed by atoms with E-state index < -0.39 is 6.10 Å². The Morgan fingerprint density at radius 2 is 1.97 bits per heavy atom. The van der Waals surface area contributed by atoms with Crippen LogP contribution in [0.25, 0.3) is 11.0 Å². The van der Waals surface area contributed by atoms with E-state index in [4.69, 9.17) is 13.9 Å². The molecular weight excluding hydrogens is 426 g/mol. The molecular formula is C24H21N3O4S. The topological polar surface area (TPSA) is 79.4 Å². The standard InChI is InChI=1S/C24H21N3O4S/c1-3-12-27-23(21-13-29-19-10-6-7-11-20(19)30-21)25-26-24(27)32-14-17(28)22-15(2)16-8-4-5-9-18(16)31-22/h3-11,21H,1,12-14H2,2H3/t21-/m1/s1. The fraction of sp³-hybridized carbons (Fsp3) is 0.208. The molecule has 0 unspecified atom stereocenters. The fourth-order valence-electron chi connectivity index (χ4n) is 3.73. The van der Waals surface area contributed by atoms with Crippen LogP contribution in [-0.2, 0) is 6.54 Å². The van der Waals surface area contributed by atoms with Gasteiger partial charge in [-0.1, -0.05) is 48.2 Å². The van der Waals surface area contributed by atoms with Crippen LogP contribution in [0.4, 0.5) is 0 Å². The minimum absolute atomic E-state index is 0.0930. The summed E-state index contributed by atoms with van der Waals surface area (Å²) in [5, 5.41) is 10.2. The molecule has 1 aliphatic heterocycles. The molecule has 0 fully saturated rings. The first kappa shape index (κ1) is 20.4. The van der Waals surface area contributed by atoms with Crippen LogP contribution in [-0.4, -0.2) is 32.9 Å². The number of hydrogen-bond acceptors (Lipinski definition) is 7. The Balaban J connectivity index is 1.35. The summed E-state index contributed by atoms with van der Waals surface area (Å²) in [6.45, 7) is 6.56. The number of benzene rings is 2. The van der Waals surface area contributed by atoms with Crippen LogP contribution < -0.4 is 9.47 Å². The zero-order chi connectivity index (χ0) is 22.1.